The molecule has 30 heavy (non-hydrogen) atoms. The first-order chi connectivity index (χ1) is 13.9. The van der Waals surface area contributed by atoms with Gasteiger partial charge in [0.1, 0.15) is 18.1 Å². The van der Waals surface area contributed by atoms with Gasteiger partial charge in [0.2, 0.25) is 23.6 Å². The van der Waals surface area contributed by atoms with Crippen LogP contribution in [0.5, 0.6) is 0 Å². The molecule has 0 aromatic carbocycles. The number of hydrogen-bond acceptors (Lipinski definition) is 7. The number of nitrogens with two attached hydrogens (primary N) is 2. The number of primary amides is 1. The van der Waals surface area contributed by atoms with Gasteiger partial charge in [-0.2, -0.15) is 0 Å². The van der Waals surface area contributed by atoms with Crippen molar-refractivity contribution in [2.45, 2.75) is 63.2 Å². The van der Waals surface area contributed by atoms with Gasteiger partial charge >= 0.3 is 11.9 Å². The van der Waals surface area contributed by atoms with Crippen molar-refractivity contribution in [1.29, 1.82) is 0 Å². The topological polar surface area (TPSA) is 222 Å². The second-order valence-corrected chi connectivity index (χ2v) is 7.04. The Morgan fingerprint density at radius 3 is 2.23 bits per heavy atom. The van der Waals surface area contributed by atoms with Crippen LogP contribution in [0.3, 0.4) is 0 Å². The lowest BCUT2D eigenvalue weighted by Crippen LogP contribution is -2.56. The summed E-state index contributed by atoms with van der Waals surface area (Å²) in [5.74, 6) is -5.71. The number of amides is 4. The first-order valence-corrected chi connectivity index (χ1v) is 9.33. The largest absolute Gasteiger partial charge is 0.481 e. The number of nitrogens with zero attached hydrogens (tertiary/aromatic N) is 1. The van der Waals surface area contributed by atoms with Gasteiger partial charge in [0.25, 0.3) is 0 Å². The molecular formula is C17H27N5O8. The summed E-state index contributed by atoms with van der Waals surface area (Å²) in [6.45, 7) is 1.57. The summed E-state index contributed by atoms with van der Waals surface area (Å²) in [7, 11) is 0. The van der Waals surface area contributed by atoms with E-state index < -0.39 is 66.2 Å². The van der Waals surface area contributed by atoms with Gasteiger partial charge in [-0.1, -0.05) is 0 Å². The van der Waals surface area contributed by atoms with E-state index in [0.717, 1.165) is 0 Å². The van der Waals surface area contributed by atoms with Gasteiger partial charge in [-0.05, 0) is 26.2 Å². The molecule has 1 fully saturated rings. The van der Waals surface area contributed by atoms with Crippen LogP contribution in [-0.2, 0) is 28.8 Å². The van der Waals surface area contributed by atoms with Gasteiger partial charge in [0.05, 0.1) is 12.5 Å². The maximum atomic E-state index is 13.0. The average molecular weight is 429 g/mol. The minimum atomic E-state index is -1.66. The van der Waals surface area contributed by atoms with Crippen LogP contribution in [0, 0.1) is 0 Å². The fourth-order valence-corrected chi connectivity index (χ4v) is 2.99. The van der Waals surface area contributed by atoms with Crippen molar-refractivity contribution in [3.05, 3.63) is 0 Å². The molecule has 0 saturated carbocycles. The molecule has 1 aliphatic rings. The molecule has 0 radical (unpaired) electrons. The Morgan fingerprint density at radius 2 is 1.73 bits per heavy atom. The Bertz CT molecular complexity index is 710. The van der Waals surface area contributed by atoms with E-state index in [1.54, 1.807) is 0 Å². The standard InChI is InChI=1S/C17H27N5O8/c1-8(18)14(26)20-9(4-5-12(19)23)16(28)22-6-2-3-11(22)15(27)21-10(17(29)30)7-13(24)25/h8-11H,2-7,18H2,1H3,(H2,19,23)(H,20,26)(H,21,27)(H,24,25)(H,29,30). The molecule has 4 amide bonds. The highest BCUT2D eigenvalue weighted by molar-refractivity contribution is 5.95. The number of likely N-dealkylation sites (tertiary alicyclic amines) is 1. The summed E-state index contributed by atoms with van der Waals surface area (Å²) in [6.07, 6.45) is -0.466. The highest BCUT2D eigenvalue weighted by Crippen LogP contribution is 2.20. The zero-order valence-corrected chi connectivity index (χ0v) is 16.5. The number of hydrogen-bond donors (Lipinski definition) is 6. The third-order valence-electron chi connectivity index (χ3n) is 4.54. The molecule has 0 bridgehead atoms. The van der Waals surface area contributed by atoms with Gasteiger partial charge in [-0.15, -0.1) is 0 Å². The van der Waals surface area contributed by atoms with Gasteiger partial charge in [-0.25, -0.2) is 4.79 Å². The molecule has 4 atom stereocenters. The van der Waals surface area contributed by atoms with Crippen LogP contribution in [0.15, 0.2) is 0 Å². The Balaban J connectivity index is 2.95. The molecule has 4 unspecified atom stereocenters. The molecule has 168 valence electrons. The minimum absolute atomic E-state index is 0.103. The highest BCUT2D eigenvalue weighted by atomic mass is 16.4. The smallest absolute Gasteiger partial charge is 0.326 e. The van der Waals surface area contributed by atoms with Crippen molar-refractivity contribution < 1.29 is 39.0 Å². The monoisotopic (exact) mass is 429 g/mol. The van der Waals surface area contributed by atoms with Crippen LogP contribution < -0.4 is 22.1 Å². The van der Waals surface area contributed by atoms with E-state index in [9.17, 15) is 28.8 Å². The van der Waals surface area contributed by atoms with Gasteiger partial charge in [0, 0.05) is 13.0 Å². The van der Waals surface area contributed by atoms with E-state index in [-0.39, 0.29) is 25.8 Å². The molecule has 1 aliphatic heterocycles. The van der Waals surface area contributed by atoms with Crippen molar-refractivity contribution in [3.8, 4) is 0 Å². The van der Waals surface area contributed by atoms with Gasteiger partial charge in [-0.3, -0.25) is 24.0 Å². The van der Waals surface area contributed by atoms with Crippen LogP contribution in [0.4, 0.5) is 0 Å². The van der Waals surface area contributed by atoms with E-state index in [1.807, 2.05) is 0 Å². The lowest BCUT2D eigenvalue weighted by Gasteiger charge is -2.29. The van der Waals surface area contributed by atoms with Gasteiger partial charge in [0.15, 0.2) is 0 Å². The summed E-state index contributed by atoms with van der Waals surface area (Å²) in [5, 5.41) is 22.4. The first-order valence-electron chi connectivity index (χ1n) is 9.33. The molecule has 8 N–H and O–H groups in total. The predicted octanol–water partition coefficient (Wildman–Crippen LogP) is -2.88. The molecule has 13 heteroatoms. The highest BCUT2D eigenvalue weighted by Gasteiger charge is 2.39. The SMILES string of the molecule is CC(N)C(=O)NC(CCC(N)=O)C(=O)N1CCCC1C(=O)NC(CC(=O)O)C(=O)O. The summed E-state index contributed by atoms with van der Waals surface area (Å²) >= 11 is 0. The van der Waals surface area contributed by atoms with E-state index in [1.165, 1.54) is 11.8 Å². The van der Waals surface area contributed by atoms with E-state index >= 15 is 0 Å². The Hall–Kier alpha value is -3.22. The maximum absolute atomic E-state index is 13.0. The van der Waals surface area contributed by atoms with Crippen molar-refractivity contribution in [1.82, 2.24) is 15.5 Å². The number of carbonyl (C=O) groups excluding carboxylic acids is 4. The molecule has 0 aromatic rings. The van der Waals surface area contributed by atoms with E-state index in [2.05, 4.69) is 10.6 Å². The molecule has 1 rings (SSSR count). The van der Waals surface area contributed by atoms with Crippen molar-refractivity contribution >= 4 is 35.6 Å². The maximum Gasteiger partial charge on any atom is 0.326 e. The fraction of sp³-hybridized carbons (Fsp3) is 0.647. The lowest BCUT2D eigenvalue weighted by molar-refractivity contribution is -0.148. The summed E-state index contributed by atoms with van der Waals surface area (Å²) in [4.78, 5) is 71.7. The number of carbonyl (C=O) groups is 6. The van der Waals surface area contributed by atoms with E-state index in [0.29, 0.717) is 6.42 Å². The molecule has 1 saturated heterocycles. The first kappa shape index (κ1) is 24.8. The zero-order chi connectivity index (χ0) is 23.0. The number of rotatable bonds is 11. The van der Waals surface area contributed by atoms with Crippen molar-refractivity contribution in [3.63, 3.8) is 0 Å². The lowest BCUT2D eigenvalue weighted by atomic mass is 10.1. The van der Waals surface area contributed by atoms with Crippen LogP contribution in [0.1, 0.15) is 39.0 Å². The molecule has 0 spiro atoms. The number of nitrogens with one attached hydrogen (secondary N) is 2. The molecule has 13 nitrogen and oxygen atoms in total. The molecule has 0 aromatic heterocycles. The molecular weight excluding hydrogens is 402 g/mol. The quantitative estimate of drug-likeness (QED) is 0.198. The Labute approximate surface area is 172 Å². The van der Waals surface area contributed by atoms with Crippen LogP contribution >= 0.6 is 0 Å². The minimum Gasteiger partial charge on any atom is -0.481 e. The summed E-state index contributed by atoms with van der Waals surface area (Å²) < 4.78 is 0. The van der Waals surface area contributed by atoms with Crippen molar-refractivity contribution in [2.75, 3.05) is 6.54 Å². The predicted molar refractivity (Wildman–Crippen MR) is 101 cm³/mol. The second kappa shape index (κ2) is 11.1. The van der Waals surface area contributed by atoms with E-state index in [4.69, 9.17) is 21.7 Å². The molecule has 1 heterocycles. The number of aliphatic carboxylic acids is 2. The summed E-state index contributed by atoms with van der Waals surface area (Å²) in [6, 6.07) is -4.77. The summed E-state index contributed by atoms with van der Waals surface area (Å²) in [5.41, 5.74) is 10.6. The van der Waals surface area contributed by atoms with Crippen LogP contribution in [0.2, 0.25) is 0 Å². The Kier molecular flexibility index (Phi) is 9.17. The van der Waals surface area contributed by atoms with Gasteiger partial charge < -0.3 is 37.2 Å². The zero-order valence-electron chi connectivity index (χ0n) is 16.5. The third-order valence-corrected chi connectivity index (χ3v) is 4.54. The van der Waals surface area contributed by atoms with Crippen molar-refractivity contribution in [2.24, 2.45) is 11.5 Å². The average Bonchev–Trinajstić information content (AvgIpc) is 3.12. The normalized spacial score (nSPS) is 18.7. The molecule has 0 aliphatic carbocycles. The fourth-order valence-electron chi connectivity index (χ4n) is 2.99. The second-order valence-electron chi connectivity index (χ2n) is 7.04. The Morgan fingerprint density at radius 1 is 1.10 bits per heavy atom. The third kappa shape index (κ3) is 7.31. The van der Waals surface area contributed by atoms with Crippen LogP contribution in [-0.4, -0.2) is 81.4 Å². The number of carboxylic acids is 2. The number of carboxylic acid groups (broad SMARTS) is 2. The van der Waals surface area contributed by atoms with Crippen LogP contribution in [0.25, 0.3) is 0 Å².